The van der Waals surface area contributed by atoms with Gasteiger partial charge in [-0.25, -0.2) is 9.37 Å². The molecule has 7 heteroatoms. The molecule has 5 rings (SSSR count). The largest absolute Gasteiger partial charge is 0.495 e. The molecule has 0 saturated heterocycles. The van der Waals surface area contributed by atoms with Gasteiger partial charge in [0.25, 0.3) is 5.91 Å². The molecule has 188 valence electrons. The van der Waals surface area contributed by atoms with Crippen molar-refractivity contribution in [2.45, 2.75) is 27.3 Å². The number of carbonyl (C=O) groups is 1. The SMILES string of the molecule is C.COc1cc(/C=C2/C(=O)N(C(C)c3ccc(F)cc3)C(=N)c3ccccc32)ccc1-n1cnc(C)c1. The number of imidazole rings is 1. The van der Waals surface area contributed by atoms with Crippen LogP contribution >= 0.6 is 0 Å². The lowest BCUT2D eigenvalue weighted by Crippen LogP contribution is -2.43. The highest BCUT2D eigenvalue weighted by molar-refractivity contribution is 6.34. The molecule has 1 N–H and O–H groups in total. The van der Waals surface area contributed by atoms with Gasteiger partial charge >= 0.3 is 0 Å². The zero-order chi connectivity index (χ0) is 25.4. The van der Waals surface area contributed by atoms with E-state index in [1.165, 1.54) is 17.0 Å². The summed E-state index contributed by atoms with van der Waals surface area (Å²) < 4.78 is 21.0. The van der Waals surface area contributed by atoms with Crippen LogP contribution in [0.4, 0.5) is 4.39 Å². The quantitative estimate of drug-likeness (QED) is 0.324. The van der Waals surface area contributed by atoms with Gasteiger partial charge in [-0.05, 0) is 60.9 Å². The zero-order valence-electron chi connectivity index (χ0n) is 20.2. The highest BCUT2D eigenvalue weighted by atomic mass is 19.1. The lowest BCUT2D eigenvalue weighted by Gasteiger charge is -2.35. The molecule has 1 unspecified atom stereocenters. The number of halogens is 1. The average Bonchev–Trinajstić information content (AvgIpc) is 3.32. The summed E-state index contributed by atoms with van der Waals surface area (Å²) in [4.78, 5) is 19.6. The summed E-state index contributed by atoms with van der Waals surface area (Å²) in [5, 5.41) is 8.81. The van der Waals surface area contributed by atoms with E-state index in [1.54, 1.807) is 25.6 Å². The van der Waals surface area contributed by atoms with Crippen LogP contribution in [-0.4, -0.2) is 33.3 Å². The van der Waals surface area contributed by atoms with E-state index in [0.717, 1.165) is 22.5 Å². The van der Waals surface area contributed by atoms with Crippen molar-refractivity contribution in [1.29, 1.82) is 5.41 Å². The van der Waals surface area contributed by atoms with Gasteiger partial charge in [0.05, 0.1) is 30.9 Å². The molecule has 1 aliphatic heterocycles. The third-order valence-corrected chi connectivity index (χ3v) is 6.41. The van der Waals surface area contributed by atoms with Crippen molar-refractivity contribution in [2.24, 2.45) is 0 Å². The summed E-state index contributed by atoms with van der Waals surface area (Å²) in [6.07, 6.45) is 5.47. The summed E-state index contributed by atoms with van der Waals surface area (Å²) in [5.41, 5.74) is 5.10. The molecule has 2 heterocycles. The highest BCUT2D eigenvalue weighted by Gasteiger charge is 2.35. The van der Waals surface area contributed by atoms with E-state index in [1.807, 2.05) is 73.2 Å². The first-order valence-corrected chi connectivity index (χ1v) is 11.6. The van der Waals surface area contributed by atoms with Gasteiger partial charge in [-0.1, -0.05) is 49.9 Å². The van der Waals surface area contributed by atoms with Gasteiger partial charge in [0.15, 0.2) is 0 Å². The first kappa shape index (κ1) is 25.6. The third-order valence-electron chi connectivity index (χ3n) is 6.41. The number of ether oxygens (including phenoxy) is 1. The van der Waals surface area contributed by atoms with Gasteiger partial charge in [0.1, 0.15) is 17.4 Å². The van der Waals surface area contributed by atoms with Gasteiger partial charge in [0, 0.05) is 17.3 Å². The molecule has 0 radical (unpaired) electrons. The number of methoxy groups -OCH3 is 1. The Labute approximate surface area is 216 Å². The van der Waals surface area contributed by atoms with Crippen LogP contribution in [0.25, 0.3) is 17.3 Å². The number of benzene rings is 3. The first-order valence-electron chi connectivity index (χ1n) is 11.6. The van der Waals surface area contributed by atoms with Crippen molar-refractivity contribution in [3.05, 3.63) is 113 Å². The minimum absolute atomic E-state index is 0. The number of carbonyl (C=O) groups excluding carboxylic acids is 1. The Morgan fingerprint density at radius 1 is 1.05 bits per heavy atom. The van der Waals surface area contributed by atoms with Gasteiger partial charge in [-0.3, -0.25) is 15.1 Å². The first-order chi connectivity index (χ1) is 17.4. The second-order valence-corrected chi connectivity index (χ2v) is 8.71. The van der Waals surface area contributed by atoms with Crippen LogP contribution in [0.5, 0.6) is 5.75 Å². The van der Waals surface area contributed by atoms with Crippen molar-refractivity contribution in [2.75, 3.05) is 7.11 Å². The fourth-order valence-corrected chi connectivity index (χ4v) is 4.52. The van der Waals surface area contributed by atoms with Crippen molar-refractivity contribution >= 4 is 23.4 Å². The van der Waals surface area contributed by atoms with Crippen LogP contribution in [0.3, 0.4) is 0 Å². The van der Waals surface area contributed by atoms with E-state index in [-0.39, 0.29) is 25.0 Å². The molecule has 6 nitrogen and oxygen atoms in total. The monoisotopic (exact) mass is 496 g/mol. The fourth-order valence-electron chi connectivity index (χ4n) is 4.52. The average molecular weight is 497 g/mol. The van der Waals surface area contributed by atoms with E-state index in [0.29, 0.717) is 22.4 Å². The third kappa shape index (κ3) is 4.68. The lowest BCUT2D eigenvalue weighted by atomic mass is 9.90. The molecule has 0 spiro atoms. The summed E-state index contributed by atoms with van der Waals surface area (Å²) in [5.74, 6) is 0.125. The van der Waals surface area contributed by atoms with Gasteiger partial charge in [0.2, 0.25) is 0 Å². The minimum Gasteiger partial charge on any atom is -0.495 e. The lowest BCUT2D eigenvalue weighted by molar-refractivity contribution is -0.123. The molecular formula is C30H29FN4O2. The Morgan fingerprint density at radius 2 is 1.76 bits per heavy atom. The van der Waals surface area contributed by atoms with Gasteiger partial charge < -0.3 is 9.30 Å². The number of hydrogen-bond acceptors (Lipinski definition) is 4. The highest BCUT2D eigenvalue weighted by Crippen LogP contribution is 2.36. The Morgan fingerprint density at radius 3 is 2.41 bits per heavy atom. The molecule has 0 aliphatic carbocycles. The molecule has 0 saturated carbocycles. The summed E-state index contributed by atoms with van der Waals surface area (Å²) in [7, 11) is 1.61. The standard InChI is InChI=1S/C29H25FN4O2.CH4/c1-18-16-33(17-32-18)26-13-8-20(15-27(26)36-3)14-25-23-6-4-5-7-24(23)28(31)34(29(25)35)19(2)21-9-11-22(30)12-10-21;/h4-17,19,31H,1-3H3;1H4/b25-14+,31-28?;. The number of aromatic nitrogens is 2. The van der Waals surface area contributed by atoms with Crippen LogP contribution < -0.4 is 4.74 Å². The molecule has 4 aromatic rings. The maximum atomic E-state index is 13.8. The molecule has 1 aliphatic rings. The summed E-state index contributed by atoms with van der Waals surface area (Å²) in [6.45, 7) is 3.76. The molecule has 1 aromatic heterocycles. The van der Waals surface area contributed by atoms with Crippen LogP contribution in [-0.2, 0) is 4.79 Å². The number of rotatable bonds is 5. The smallest absolute Gasteiger partial charge is 0.260 e. The number of fused-ring (bicyclic) bond motifs is 1. The predicted molar refractivity (Wildman–Crippen MR) is 144 cm³/mol. The van der Waals surface area contributed by atoms with E-state index >= 15 is 0 Å². The Balaban J connectivity index is 0.00000320. The molecule has 3 aromatic carbocycles. The van der Waals surface area contributed by atoms with Gasteiger partial charge in [-0.15, -0.1) is 0 Å². The van der Waals surface area contributed by atoms with E-state index < -0.39 is 6.04 Å². The Bertz CT molecular complexity index is 1500. The molecular weight excluding hydrogens is 467 g/mol. The molecule has 37 heavy (non-hydrogen) atoms. The van der Waals surface area contributed by atoms with Crippen molar-refractivity contribution in [3.63, 3.8) is 0 Å². The maximum Gasteiger partial charge on any atom is 0.260 e. The number of nitrogens with zero attached hydrogens (tertiary/aromatic N) is 3. The number of nitrogens with one attached hydrogen (secondary N) is 1. The van der Waals surface area contributed by atoms with E-state index in [9.17, 15) is 9.18 Å². The maximum absolute atomic E-state index is 13.8. The second-order valence-electron chi connectivity index (χ2n) is 8.71. The molecule has 0 fully saturated rings. The minimum atomic E-state index is -0.455. The Hall–Kier alpha value is -4.52. The predicted octanol–water partition coefficient (Wildman–Crippen LogP) is 6.43. The number of aryl methyl sites for hydroxylation is 1. The van der Waals surface area contributed by atoms with Crippen LogP contribution in [0.2, 0.25) is 0 Å². The number of hydrogen-bond donors (Lipinski definition) is 1. The van der Waals surface area contributed by atoms with Crippen LogP contribution in [0, 0.1) is 18.2 Å². The molecule has 1 amide bonds. The Kier molecular flexibility index (Phi) is 7.07. The van der Waals surface area contributed by atoms with E-state index in [2.05, 4.69) is 4.98 Å². The van der Waals surface area contributed by atoms with Gasteiger partial charge in [-0.2, -0.15) is 0 Å². The normalized spacial score (nSPS) is 14.8. The van der Waals surface area contributed by atoms with Crippen molar-refractivity contribution in [3.8, 4) is 11.4 Å². The van der Waals surface area contributed by atoms with Crippen LogP contribution in [0.15, 0.2) is 79.3 Å². The van der Waals surface area contributed by atoms with Crippen molar-refractivity contribution < 1.29 is 13.9 Å². The topological polar surface area (TPSA) is 71.2 Å². The number of amides is 1. The number of amidine groups is 1. The van der Waals surface area contributed by atoms with Crippen LogP contribution in [0.1, 0.15) is 48.3 Å². The summed E-state index contributed by atoms with van der Waals surface area (Å²) >= 11 is 0. The molecule has 0 bridgehead atoms. The second kappa shape index (κ2) is 10.2. The van der Waals surface area contributed by atoms with E-state index in [4.69, 9.17) is 10.1 Å². The fraction of sp³-hybridized carbons (Fsp3) is 0.167. The van der Waals surface area contributed by atoms with Crippen molar-refractivity contribution in [1.82, 2.24) is 14.5 Å². The summed E-state index contributed by atoms with van der Waals surface area (Å²) in [6, 6.07) is 18.7. The zero-order valence-corrected chi connectivity index (χ0v) is 20.2. The molecule has 1 atom stereocenters.